The average molecular weight is 502 g/mol. The second-order valence-electron chi connectivity index (χ2n) is 8.05. The standard InChI is InChI=1S/C25H21F3N2O6/c1-2-35-22(32)16-10-8-14(9-11-16)17-12-13-18(36-17)20-19(21(31)15-6-4-3-5-7-15)24(34,25(26,27)28)30-23(33)29-20/h3-13,19-20,34H,2H2,1H3,(H2,29,30,33)/t19-,20+,24-/m1/s1. The molecule has 4 rings (SSSR count). The molecular weight excluding hydrogens is 481 g/mol. The lowest BCUT2D eigenvalue weighted by atomic mass is 9.79. The zero-order valence-corrected chi connectivity index (χ0v) is 18.8. The minimum atomic E-state index is -5.38. The molecule has 11 heteroatoms. The Bertz CT molecular complexity index is 1270. The number of hydrogen-bond donors (Lipinski definition) is 3. The first-order valence-corrected chi connectivity index (χ1v) is 10.9. The Kier molecular flexibility index (Phi) is 6.59. The van der Waals surface area contributed by atoms with Crippen LogP contribution in [0.1, 0.15) is 39.4 Å². The van der Waals surface area contributed by atoms with Crippen molar-refractivity contribution < 1.29 is 41.8 Å². The Balaban J connectivity index is 1.72. The molecule has 188 valence electrons. The van der Waals surface area contributed by atoms with E-state index in [1.54, 1.807) is 25.1 Å². The van der Waals surface area contributed by atoms with Gasteiger partial charge in [-0.15, -0.1) is 0 Å². The third-order valence-corrected chi connectivity index (χ3v) is 5.76. The van der Waals surface area contributed by atoms with Gasteiger partial charge >= 0.3 is 18.2 Å². The first-order valence-electron chi connectivity index (χ1n) is 10.9. The molecule has 2 amide bonds. The van der Waals surface area contributed by atoms with Gasteiger partial charge in [-0.05, 0) is 31.2 Å². The van der Waals surface area contributed by atoms with Gasteiger partial charge in [0.2, 0.25) is 5.72 Å². The summed E-state index contributed by atoms with van der Waals surface area (Å²) in [5.74, 6) is -3.75. The molecule has 1 fully saturated rings. The molecule has 3 atom stereocenters. The van der Waals surface area contributed by atoms with Crippen LogP contribution in [0.2, 0.25) is 0 Å². The smallest absolute Gasteiger partial charge is 0.437 e. The third kappa shape index (κ3) is 4.57. The van der Waals surface area contributed by atoms with Crippen molar-refractivity contribution in [1.82, 2.24) is 10.6 Å². The van der Waals surface area contributed by atoms with Crippen LogP contribution in [0.5, 0.6) is 0 Å². The van der Waals surface area contributed by atoms with Gasteiger partial charge < -0.3 is 24.9 Å². The molecule has 0 saturated carbocycles. The van der Waals surface area contributed by atoms with Crippen LogP contribution in [0.3, 0.4) is 0 Å². The van der Waals surface area contributed by atoms with E-state index in [0.717, 1.165) is 0 Å². The van der Waals surface area contributed by atoms with E-state index in [-0.39, 0.29) is 23.7 Å². The number of nitrogens with one attached hydrogen (secondary N) is 2. The predicted octanol–water partition coefficient (Wildman–Crippen LogP) is 4.23. The lowest BCUT2D eigenvalue weighted by Crippen LogP contribution is -2.72. The van der Waals surface area contributed by atoms with Crippen LogP contribution in [0.25, 0.3) is 11.3 Å². The summed E-state index contributed by atoms with van der Waals surface area (Å²) in [6.07, 6.45) is -5.38. The van der Waals surface area contributed by atoms with E-state index >= 15 is 0 Å². The van der Waals surface area contributed by atoms with E-state index in [9.17, 15) is 32.7 Å². The van der Waals surface area contributed by atoms with E-state index < -0.39 is 41.6 Å². The maximum Gasteiger partial charge on any atom is 0.437 e. The van der Waals surface area contributed by atoms with E-state index in [1.165, 1.54) is 53.8 Å². The topological polar surface area (TPSA) is 118 Å². The van der Waals surface area contributed by atoms with Crippen LogP contribution in [0, 0.1) is 5.92 Å². The summed E-state index contributed by atoms with van der Waals surface area (Å²) in [6.45, 7) is 1.88. The number of hydrogen-bond acceptors (Lipinski definition) is 6. The van der Waals surface area contributed by atoms with Gasteiger partial charge in [-0.25, -0.2) is 9.59 Å². The van der Waals surface area contributed by atoms with Crippen molar-refractivity contribution in [3.63, 3.8) is 0 Å². The molecule has 0 bridgehead atoms. The number of carbonyl (C=O) groups excluding carboxylic acids is 3. The van der Waals surface area contributed by atoms with Crippen molar-refractivity contribution >= 4 is 17.8 Å². The fourth-order valence-electron chi connectivity index (χ4n) is 4.02. The lowest BCUT2D eigenvalue weighted by molar-refractivity contribution is -0.288. The van der Waals surface area contributed by atoms with Crippen LogP contribution in [0.4, 0.5) is 18.0 Å². The fourth-order valence-corrected chi connectivity index (χ4v) is 4.02. The second kappa shape index (κ2) is 9.50. The first kappa shape index (κ1) is 25.0. The number of benzene rings is 2. The van der Waals surface area contributed by atoms with Crippen molar-refractivity contribution in [3.8, 4) is 11.3 Å². The van der Waals surface area contributed by atoms with Crippen LogP contribution in [-0.4, -0.2) is 41.4 Å². The Morgan fingerprint density at radius 2 is 1.69 bits per heavy atom. The number of urea groups is 1. The Hall–Kier alpha value is -4.12. The van der Waals surface area contributed by atoms with Crippen molar-refractivity contribution in [2.45, 2.75) is 24.9 Å². The quantitative estimate of drug-likeness (QED) is 0.343. The number of carbonyl (C=O) groups is 3. The summed E-state index contributed by atoms with van der Waals surface area (Å²) < 4.78 is 52.8. The summed E-state index contributed by atoms with van der Waals surface area (Å²) in [5, 5.41) is 14.4. The maximum atomic E-state index is 14.0. The molecule has 1 aliphatic rings. The van der Waals surface area contributed by atoms with Crippen LogP contribution < -0.4 is 10.6 Å². The van der Waals surface area contributed by atoms with Crippen LogP contribution in [0.15, 0.2) is 71.1 Å². The first-order chi connectivity index (χ1) is 17.0. The third-order valence-electron chi connectivity index (χ3n) is 5.76. The summed E-state index contributed by atoms with van der Waals surface area (Å²) in [5.41, 5.74) is -3.18. The van der Waals surface area contributed by atoms with Crippen molar-refractivity contribution in [1.29, 1.82) is 0 Å². The van der Waals surface area contributed by atoms with Gasteiger partial charge in [0.25, 0.3) is 0 Å². The Morgan fingerprint density at radius 3 is 2.31 bits per heavy atom. The Labute approximate surface area is 203 Å². The minimum Gasteiger partial charge on any atom is -0.462 e. The molecule has 1 aromatic heterocycles. The molecule has 3 aromatic rings. The van der Waals surface area contributed by atoms with Gasteiger partial charge in [-0.3, -0.25) is 4.79 Å². The Morgan fingerprint density at radius 1 is 1.03 bits per heavy atom. The molecule has 1 saturated heterocycles. The maximum absolute atomic E-state index is 14.0. The average Bonchev–Trinajstić information content (AvgIpc) is 3.34. The fraction of sp³-hybridized carbons (Fsp3) is 0.240. The number of ether oxygens (including phenoxy) is 1. The minimum absolute atomic E-state index is 0.0885. The predicted molar refractivity (Wildman–Crippen MR) is 120 cm³/mol. The number of aliphatic hydroxyl groups is 1. The summed E-state index contributed by atoms with van der Waals surface area (Å²) in [4.78, 5) is 37.3. The number of alkyl halides is 3. The molecule has 8 nitrogen and oxygen atoms in total. The molecular formula is C25H21F3N2O6. The number of rotatable bonds is 6. The number of amides is 2. The number of ketones is 1. The van der Waals surface area contributed by atoms with Crippen LogP contribution >= 0.6 is 0 Å². The lowest BCUT2D eigenvalue weighted by Gasteiger charge is -2.44. The van der Waals surface area contributed by atoms with Gasteiger partial charge in [-0.1, -0.05) is 42.5 Å². The molecule has 0 spiro atoms. The number of Topliss-reactive ketones (excluding diaryl/α,β-unsaturated/α-hetero) is 1. The zero-order chi connectivity index (χ0) is 26.1. The van der Waals surface area contributed by atoms with E-state index in [4.69, 9.17) is 9.15 Å². The molecule has 2 heterocycles. The highest BCUT2D eigenvalue weighted by Crippen LogP contribution is 2.44. The highest BCUT2D eigenvalue weighted by Gasteiger charge is 2.66. The molecule has 2 aromatic carbocycles. The second-order valence-corrected chi connectivity index (χ2v) is 8.05. The molecule has 3 N–H and O–H groups in total. The largest absolute Gasteiger partial charge is 0.462 e. The molecule has 0 aliphatic carbocycles. The highest BCUT2D eigenvalue weighted by atomic mass is 19.4. The van der Waals surface area contributed by atoms with Crippen molar-refractivity contribution in [2.75, 3.05) is 6.61 Å². The van der Waals surface area contributed by atoms with Gasteiger partial charge in [0.05, 0.1) is 12.2 Å². The van der Waals surface area contributed by atoms with Crippen molar-refractivity contribution in [2.24, 2.45) is 5.92 Å². The molecule has 36 heavy (non-hydrogen) atoms. The highest BCUT2D eigenvalue weighted by molar-refractivity contribution is 6.00. The van der Waals surface area contributed by atoms with Gasteiger partial charge in [0.15, 0.2) is 5.78 Å². The molecule has 0 unspecified atom stereocenters. The monoisotopic (exact) mass is 502 g/mol. The van der Waals surface area contributed by atoms with Crippen molar-refractivity contribution in [3.05, 3.63) is 83.6 Å². The van der Waals surface area contributed by atoms with Crippen LogP contribution in [-0.2, 0) is 4.74 Å². The zero-order valence-electron chi connectivity index (χ0n) is 18.8. The van der Waals surface area contributed by atoms with Gasteiger partial charge in [0, 0.05) is 11.1 Å². The number of esters is 1. The summed E-state index contributed by atoms with van der Waals surface area (Å²) in [6, 6.07) is 13.0. The van der Waals surface area contributed by atoms with Gasteiger partial charge in [-0.2, -0.15) is 13.2 Å². The normalized spacial score (nSPS) is 21.9. The van der Waals surface area contributed by atoms with Gasteiger partial charge in [0.1, 0.15) is 23.5 Å². The number of halogens is 3. The van der Waals surface area contributed by atoms with E-state index in [1.807, 2.05) is 0 Å². The molecule has 1 aliphatic heterocycles. The van der Waals surface area contributed by atoms with E-state index in [2.05, 4.69) is 5.32 Å². The summed E-state index contributed by atoms with van der Waals surface area (Å²) >= 11 is 0. The SMILES string of the molecule is CCOC(=O)c1ccc(-c2ccc([C@@H]3NC(=O)N[C@](O)(C(F)(F)F)[C@H]3C(=O)c3ccccc3)o2)cc1. The summed E-state index contributed by atoms with van der Waals surface area (Å²) in [7, 11) is 0. The molecule has 0 radical (unpaired) electrons. The number of furan rings is 1. The van der Waals surface area contributed by atoms with E-state index in [0.29, 0.717) is 11.1 Å².